The number of hydrogen-bond donors (Lipinski definition) is 2. The molecule has 0 bridgehead atoms. The van der Waals surface area contributed by atoms with Crippen LogP contribution in [-0.4, -0.2) is 35.2 Å². The Bertz CT molecular complexity index is 954. The Labute approximate surface area is 155 Å². The van der Waals surface area contributed by atoms with Gasteiger partial charge in [-0.3, -0.25) is 9.36 Å². The van der Waals surface area contributed by atoms with E-state index in [2.05, 4.69) is 29.4 Å². The van der Waals surface area contributed by atoms with Crippen molar-refractivity contribution in [2.75, 3.05) is 19.8 Å². The van der Waals surface area contributed by atoms with Gasteiger partial charge in [0.15, 0.2) is 0 Å². The molecule has 0 aliphatic rings. The molecule has 0 atom stereocenters. The van der Waals surface area contributed by atoms with Crippen LogP contribution in [0.2, 0.25) is 0 Å². The van der Waals surface area contributed by atoms with Gasteiger partial charge in [0.2, 0.25) is 0 Å². The lowest BCUT2D eigenvalue weighted by Gasteiger charge is -2.06. The van der Waals surface area contributed by atoms with Crippen molar-refractivity contribution in [1.29, 1.82) is 0 Å². The number of aryl methyl sites for hydroxylation is 1. The van der Waals surface area contributed by atoms with Crippen LogP contribution in [0.4, 0.5) is 0 Å². The van der Waals surface area contributed by atoms with Crippen molar-refractivity contribution in [1.82, 2.24) is 14.9 Å². The largest absolute Gasteiger partial charge is 0.380 e. The maximum Gasteiger partial charge on any atom is 0.326 e. The smallest absolute Gasteiger partial charge is 0.326 e. The molecule has 26 heavy (non-hydrogen) atoms. The van der Waals surface area contributed by atoms with Gasteiger partial charge < -0.3 is 15.0 Å². The van der Waals surface area contributed by atoms with E-state index in [0.29, 0.717) is 37.4 Å². The number of carbonyl (C=O) groups excluding carboxylic acids is 1. The predicted molar refractivity (Wildman–Crippen MR) is 104 cm³/mol. The van der Waals surface area contributed by atoms with Gasteiger partial charge >= 0.3 is 5.69 Å². The van der Waals surface area contributed by atoms with E-state index in [1.807, 2.05) is 6.92 Å². The Kier molecular flexibility index (Phi) is 5.90. The molecule has 2 N–H and O–H groups in total. The van der Waals surface area contributed by atoms with Crippen molar-refractivity contribution in [2.45, 2.75) is 26.8 Å². The summed E-state index contributed by atoms with van der Waals surface area (Å²) in [6, 6.07) is 9.45. The van der Waals surface area contributed by atoms with Gasteiger partial charge in [0.05, 0.1) is 24.2 Å². The number of fused-ring (bicyclic) bond motifs is 1. The summed E-state index contributed by atoms with van der Waals surface area (Å²) in [6.45, 7) is 6.16. The third-order valence-electron chi connectivity index (χ3n) is 4.15. The number of hydrogen-bond acceptors (Lipinski definition) is 4. The molecule has 0 aliphatic carbocycles. The molecule has 1 aromatic carbocycles. The molecule has 0 unspecified atom stereocenters. The Hall–Kier alpha value is -2.38. The number of benzene rings is 1. The van der Waals surface area contributed by atoms with E-state index >= 15 is 0 Å². The van der Waals surface area contributed by atoms with Gasteiger partial charge in [-0.15, -0.1) is 11.3 Å². The highest BCUT2D eigenvalue weighted by Crippen LogP contribution is 2.15. The first kappa shape index (κ1) is 18.4. The van der Waals surface area contributed by atoms with E-state index in [4.69, 9.17) is 4.74 Å². The number of rotatable bonds is 8. The highest BCUT2D eigenvalue weighted by Gasteiger charge is 2.11. The van der Waals surface area contributed by atoms with E-state index < -0.39 is 0 Å². The number of carbonyl (C=O) groups is 1. The molecule has 138 valence electrons. The number of amides is 1. The van der Waals surface area contributed by atoms with Crippen molar-refractivity contribution in [3.8, 4) is 0 Å². The first-order valence-electron chi connectivity index (χ1n) is 8.72. The summed E-state index contributed by atoms with van der Waals surface area (Å²) >= 11 is 1.75. The van der Waals surface area contributed by atoms with Gasteiger partial charge in [0.1, 0.15) is 0 Å². The van der Waals surface area contributed by atoms with Gasteiger partial charge in [-0.05, 0) is 50.6 Å². The van der Waals surface area contributed by atoms with Crippen LogP contribution in [0.3, 0.4) is 0 Å². The van der Waals surface area contributed by atoms with Gasteiger partial charge in [-0.25, -0.2) is 4.79 Å². The van der Waals surface area contributed by atoms with Crippen molar-refractivity contribution in [2.24, 2.45) is 0 Å². The minimum absolute atomic E-state index is 0.136. The summed E-state index contributed by atoms with van der Waals surface area (Å²) in [4.78, 5) is 29.8. The maximum absolute atomic E-state index is 12.4. The fourth-order valence-electron chi connectivity index (χ4n) is 2.85. The van der Waals surface area contributed by atoms with E-state index in [-0.39, 0.29) is 11.6 Å². The molecular formula is C19H23N3O3S. The molecule has 3 aromatic rings. The Balaban J connectivity index is 1.66. The summed E-state index contributed by atoms with van der Waals surface area (Å²) < 4.78 is 6.95. The number of aromatic nitrogens is 2. The lowest BCUT2D eigenvalue weighted by Crippen LogP contribution is -2.25. The number of aromatic amines is 1. The van der Waals surface area contributed by atoms with Crippen LogP contribution in [-0.2, 0) is 17.7 Å². The van der Waals surface area contributed by atoms with Crippen molar-refractivity contribution in [3.63, 3.8) is 0 Å². The normalized spacial score (nSPS) is 11.2. The van der Waals surface area contributed by atoms with E-state index in [0.717, 1.165) is 11.9 Å². The fraction of sp³-hybridized carbons (Fsp3) is 0.368. The van der Waals surface area contributed by atoms with Gasteiger partial charge in [0, 0.05) is 28.5 Å². The average molecular weight is 373 g/mol. The number of ether oxygens (including phenoxy) is 1. The third kappa shape index (κ3) is 4.23. The highest BCUT2D eigenvalue weighted by atomic mass is 32.1. The topological polar surface area (TPSA) is 76.1 Å². The number of nitrogens with zero attached hydrogens (tertiary/aromatic N) is 1. The summed E-state index contributed by atoms with van der Waals surface area (Å²) in [7, 11) is 0. The summed E-state index contributed by atoms with van der Waals surface area (Å²) in [5.41, 5.74) is 1.79. The first-order valence-corrected chi connectivity index (χ1v) is 9.54. The first-order chi connectivity index (χ1) is 12.6. The molecular weight excluding hydrogens is 350 g/mol. The zero-order valence-electron chi connectivity index (χ0n) is 15.0. The SMILES string of the molecule is CCOCCn1c(=O)[nH]c2cc(C(=O)NCCc3ccc(C)s3)ccc21. The molecule has 1 amide bonds. The molecule has 0 saturated carbocycles. The third-order valence-corrected chi connectivity index (χ3v) is 5.21. The zero-order valence-corrected chi connectivity index (χ0v) is 15.8. The molecule has 6 nitrogen and oxygen atoms in total. The zero-order chi connectivity index (χ0) is 18.5. The van der Waals surface area contributed by atoms with E-state index in [1.54, 1.807) is 34.1 Å². The number of nitrogens with one attached hydrogen (secondary N) is 2. The lowest BCUT2D eigenvalue weighted by atomic mass is 10.2. The second-order valence-corrected chi connectivity index (χ2v) is 7.40. The van der Waals surface area contributed by atoms with Crippen LogP contribution in [0.1, 0.15) is 27.0 Å². The fourth-order valence-corrected chi connectivity index (χ4v) is 3.74. The Morgan fingerprint density at radius 3 is 2.88 bits per heavy atom. The maximum atomic E-state index is 12.4. The molecule has 7 heteroatoms. The predicted octanol–water partition coefficient (Wildman–Crippen LogP) is 2.71. The Morgan fingerprint density at radius 1 is 1.31 bits per heavy atom. The van der Waals surface area contributed by atoms with Crippen LogP contribution in [0.5, 0.6) is 0 Å². The quantitative estimate of drug-likeness (QED) is 0.596. The monoisotopic (exact) mass is 373 g/mol. The van der Waals surface area contributed by atoms with Crippen molar-refractivity contribution < 1.29 is 9.53 Å². The molecule has 2 heterocycles. The van der Waals surface area contributed by atoms with Crippen LogP contribution >= 0.6 is 11.3 Å². The molecule has 3 rings (SSSR count). The Morgan fingerprint density at radius 2 is 2.15 bits per heavy atom. The molecule has 0 radical (unpaired) electrons. The summed E-state index contributed by atoms with van der Waals surface area (Å²) in [6.07, 6.45) is 0.817. The second kappa shape index (κ2) is 8.33. The number of thiophene rings is 1. The molecule has 0 saturated heterocycles. The lowest BCUT2D eigenvalue weighted by molar-refractivity contribution is 0.0954. The van der Waals surface area contributed by atoms with Crippen LogP contribution in [0.15, 0.2) is 35.1 Å². The van der Waals surface area contributed by atoms with E-state index in [9.17, 15) is 9.59 Å². The molecule has 0 spiro atoms. The molecule has 2 aromatic heterocycles. The van der Waals surface area contributed by atoms with Crippen LogP contribution < -0.4 is 11.0 Å². The van der Waals surface area contributed by atoms with Gasteiger partial charge in [0.25, 0.3) is 5.91 Å². The molecule has 0 fully saturated rings. The van der Waals surface area contributed by atoms with Crippen molar-refractivity contribution >= 4 is 28.3 Å². The minimum Gasteiger partial charge on any atom is -0.380 e. The minimum atomic E-state index is -0.190. The van der Waals surface area contributed by atoms with E-state index in [1.165, 1.54) is 9.75 Å². The number of H-pyrrole nitrogens is 1. The standard InChI is InChI=1S/C19H23N3O3S/c1-3-25-11-10-22-17-7-5-14(12-16(17)21-19(22)24)18(23)20-9-8-15-6-4-13(2)26-15/h4-7,12H,3,8-11H2,1-2H3,(H,20,23)(H,21,24). The summed E-state index contributed by atoms with van der Waals surface area (Å²) in [5, 5.41) is 2.93. The van der Waals surface area contributed by atoms with Crippen LogP contribution in [0, 0.1) is 6.92 Å². The summed E-state index contributed by atoms with van der Waals surface area (Å²) in [5.74, 6) is -0.136. The highest BCUT2D eigenvalue weighted by molar-refractivity contribution is 7.11. The molecule has 0 aliphatic heterocycles. The second-order valence-electron chi connectivity index (χ2n) is 6.03. The number of imidazole rings is 1. The average Bonchev–Trinajstić information content (AvgIpc) is 3.17. The van der Waals surface area contributed by atoms with Crippen molar-refractivity contribution in [3.05, 3.63) is 56.1 Å². The van der Waals surface area contributed by atoms with Crippen LogP contribution in [0.25, 0.3) is 11.0 Å². The van der Waals surface area contributed by atoms with Gasteiger partial charge in [-0.2, -0.15) is 0 Å². The van der Waals surface area contributed by atoms with Gasteiger partial charge in [-0.1, -0.05) is 0 Å².